The number of Topliss-reactive ketones (excluding diaryl/α,β-unsaturated/α-hetero) is 1. The van der Waals surface area contributed by atoms with Crippen LogP contribution >= 0.6 is 0 Å². The Morgan fingerprint density at radius 2 is 2.06 bits per heavy atom. The first-order valence-electron chi connectivity index (χ1n) is 5.47. The SMILES string of the molecule is C=C(CC)CC(=O)Cc1ccccc1OC. The number of hydrogen-bond donors (Lipinski definition) is 0. The second kappa shape index (κ2) is 6.11. The number of benzene rings is 1. The predicted octanol–water partition coefficient (Wildman–Crippen LogP) is 3.16. The van der Waals surface area contributed by atoms with Crippen LogP contribution in [0.2, 0.25) is 0 Å². The second-order valence-corrected chi connectivity index (χ2v) is 3.81. The van der Waals surface area contributed by atoms with E-state index < -0.39 is 0 Å². The lowest BCUT2D eigenvalue weighted by Crippen LogP contribution is -2.04. The monoisotopic (exact) mass is 218 g/mol. The van der Waals surface area contributed by atoms with Crippen LogP contribution in [0.1, 0.15) is 25.3 Å². The van der Waals surface area contributed by atoms with E-state index >= 15 is 0 Å². The number of methoxy groups -OCH3 is 1. The van der Waals surface area contributed by atoms with Crippen LogP contribution in [0.3, 0.4) is 0 Å². The number of ketones is 1. The van der Waals surface area contributed by atoms with Crippen LogP contribution in [0.5, 0.6) is 5.75 Å². The molecule has 1 aromatic rings. The number of para-hydroxylation sites is 1. The van der Waals surface area contributed by atoms with Gasteiger partial charge in [0.2, 0.25) is 0 Å². The van der Waals surface area contributed by atoms with Crippen molar-refractivity contribution in [3.8, 4) is 5.75 Å². The van der Waals surface area contributed by atoms with E-state index in [2.05, 4.69) is 6.58 Å². The summed E-state index contributed by atoms with van der Waals surface area (Å²) in [6, 6.07) is 7.61. The summed E-state index contributed by atoms with van der Waals surface area (Å²) in [6.07, 6.45) is 1.75. The molecule has 16 heavy (non-hydrogen) atoms. The number of hydrogen-bond acceptors (Lipinski definition) is 2. The highest BCUT2D eigenvalue weighted by molar-refractivity contribution is 5.83. The van der Waals surface area contributed by atoms with Crippen molar-refractivity contribution in [1.82, 2.24) is 0 Å². The lowest BCUT2D eigenvalue weighted by atomic mass is 10.0. The summed E-state index contributed by atoms with van der Waals surface area (Å²) >= 11 is 0. The van der Waals surface area contributed by atoms with Gasteiger partial charge in [-0.1, -0.05) is 37.3 Å². The Hall–Kier alpha value is -1.57. The molecule has 0 heterocycles. The zero-order chi connectivity index (χ0) is 12.0. The Morgan fingerprint density at radius 1 is 1.38 bits per heavy atom. The molecule has 86 valence electrons. The largest absolute Gasteiger partial charge is 0.496 e. The maximum Gasteiger partial charge on any atom is 0.141 e. The van der Waals surface area contributed by atoms with E-state index in [0.29, 0.717) is 12.8 Å². The lowest BCUT2D eigenvalue weighted by molar-refractivity contribution is -0.117. The molecule has 0 bridgehead atoms. The summed E-state index contributed by atoms with van der Waals surface area (Å²) in [5, 5.41) is 0. The molecule has 0 unspecified atom stereocenters. The topological polar surface area (TPSA) is 26.3 Å². The molecule has 0 aliphatic rings. The lowest BCUT2D eigenvalue weighted by Gasteiger charge is -2.07. The van der Waals surface area contributed by atoms with Gasteiger partial charge in [-0.2, -0.15) is 0 Å². The zero-order valence-corrected chi connectivity index (χ0v) is 9.95. The fourth-order valence-corrected chi connectivity index (χ4v) is 1.53. The molecule has 0 N–H and O–H groups in total. The highest BCUT2D eigenvalue weighted by Gasteiger charge is 2.08. The van der Waals surface area contributed by atoms with E-state index in [4.69, 9.17) is 4.74 Å². The minimum Gasteiger partial charge on any atom is -0.496 e. The molecule has 0 saturated heterocycles. The van der Waals surface area contributed by atoms with Crippen LogP contribution in [0.25, 0.3) is 0 Å². The molecule has 0 radical (unpaired) electrons. The molecule has 0 spiro atoms. The molecule has 0 amide bonds. The second-order valence-electron chi connectivity index (χ2n) is 3.81. The van der Waals surface area contributed by atoms with Gasteiger partial charge in [0.05, 0.1) is 7.11 Å². The van der Waals surface area contributed by atoms with Gasteiger partial charge in [-0.05, 0) is 12.5 Å². The number of allylic oxidation sites excluding steroid dienone is 1. The van der Waals surface area contributed by atoms with Gasteiger partial charge in [0.1, 0.15) is 11.5 Å². The zero-order valence-electron chi connectivity index (χ0n) is 9.95. The summed E-state index contributed by atoms with van der Waals surface area (Å²) in [7, 11) is 1.62. The Balaban J connectivity index is 2.65. The van der Waals surface area contributed by atoms with Gasteiger partial charge in [-0.15, -0.1) is 0 Å². The molecular weight excluding hydrogens is 200 g/mol. The molecule has 0 saturated carbocycles. The van der Waals surface area contributed by atoms with Crippen molar-refractivity contribution in [2.24, 2.45) is 0 Å². The average Bonchev–Trinajstić information content (AvgIpc) is 2.29. The van der Waals surface area contributed by atoms with Gasteiger partial charge in [0, 0.05) is 18.4 Å². The maximum absolute atomic E-state index is 11.7. The van der Waals surface area contributed by atoms with Crippen LogP contribution in [0.15, 0.2) is 36.4 Å². The van der Waals surface area contributed by atoms with E-state index in [0.717, 1.165) is 23.3 Å². The molecule has 0 aromatic heterocycles. The molecule has 2 nitrogen and oxygen atoms in total. The fraction of sp³-hybridized carbons (Fsp3) is 0.357. The number of ether oxygens (including phenoxy) is 1. The molecule has 2 heteroatoms. The molecule has 0 fully saturated rings. The summed E-state index contributed by atoms with van der Waals surface area (Å²) in [4.78, 5) is 11.7. The van der Waals surface area contributed by atoms with Crippen LogP contribution < -0.4 is 4.74 Å². The number of rotatable bonds is 6. The summed E-state index contributed by atoms with van der Waals surface area (Å²) < 4.78 is 5.20. The van der Waals surface area contributed by atoms with Gasteiger partial charge in [0.25, 0.3) is 0 Å². The van der Waals surface area contributed by atoms with Gasteiger partial charge in [-0.25, -0.2) is 0 Å². The summed E-state index contributed by atoms with van der Waals surface area (Å²) in [5.41, 5.74) is 1.93. The molecule has 1 rings (SSSR count). The third kappa shape index (κ3) is 3.54. The molecular formula is C14H18O2. The van der Waals surface area contributed by atoms with Gasteiger partial charge in [-0.3, -0.25) is 4.79 Å². The van der Waals surface area contributed by atoms with Gasteiger partial charge < -0.3 is 4.74 Å². The van der Waals surface area contributed by atoms with Crippen molar-refractivity contribution in [3.63, 3.8) is 0 Å². The molecule has 0 aliphatic heterocycles. The van der Waals surface area contributed by atoms with Crippen molar-refractivity contribution >= 4 is 5.78 Å². The standard InChI is InChI=1S/C14H18O2/c1-4-11(2)9-13(15)10-12-7-5-6-8-14(12)16-3/h5-8H,2,4,9-10H2,1,3H3. The Kier molecular flexibility index (Phi) is 4.77. The molecule has 0 aliphatic carbocycles. The molecule has 1 aromatic carbocycles. The summed E-state index contributed by atoms with van der Waals surface area (Å²) in [6.45, 7) is 5.86. The van der Waals surface area contributed by atoms with Crippen LogP contribution in [0, 0.1) is 0 Å². The summed E-state index contributed by atoms with van der Waals surface area (Å²) in [5.74, 6) is 0.967. The minimum absolute atomic E-state index is 0.191. The Morgan fingerprint density at radius 3 is 2.69 bits per heavy atom. The quantitative estimate of drug-likeness (QED) is 0.685. The first-order valence-corrected chi connectivity index (χ1v) is 5.47. The highest BCUT2D eigenvalue weighted by atomic mass is 16.5. The van der Waals surface area contributed by atoms with Crippen molar-refractivity contribution in [2.75, 3.05) is 7.11 Å². The van der Waals surface area contributed by atoms with E-state index in [1.165, 1.54) is 0 Å². The van der Waals surface area contributed by atoms with E-state index in [1.807, 2.05) is 31.2 Å². The third-order valence-electron chi connectivity index (χ3n) is 2.53. The fourth-order valence-electron chi connectivity index (χ4n) is 1.53. The number of carbonyl (C=O) groups is 1. The van der Waals surface area contributed by atoms with E-state index in [-0.39, 0.29) is 5.78 Å². The van der Waals surface area contributed by atoms with Gasteiger partial charge >= 0.3 is 0 Å². The normalized spacial score (nSPS) is 9.88. The van der Waals surface area contributed by atoms with Crippen molar-refractivity contribution in [1.29, 1.82) is 0 Å². The average molecular weight is 218 g/mol. The maximum atomic E-state index is 11.7. The van der Waals surface area contributed by atoms with Crippen LogP contribution in [-0.2, 0) is 11.2 Å². The van der Waals surface area contributed by atoms with Crippen LogP contribution in [-0.4, -0.2) is 12.9 Å². The van der Waals surface area contributed by atoms with Crippen molar-refractivity contribution in [2.45, 2.75) is 26.2 Å². The predicted molar refractivity (Wildman–Crippen MR) is 65.8 cm³/mol. The number of carbonyl (C=O) groups excluding carboxylic acids is 1. The van der Waals surface area contributed by atoms with Crippen LogP contribution in [0.4, 0.5) is 0 Å². The first kappa shape index (κ1) is 12.5. The highest BCUT2D eigenvalue weighted by Crippen LogP contribution is 2.19. The van der Waals surface area contributed by atoms with E-state index in [1.54, 1.807) is 7.11 Å². The van der Waals surface area contributed by atoms with E-state index in [9.17, 15) is 4.79 Å². The van der Waals surface area contributed by atoms with Crippen molar-refractivity contribution < 1.29 is 9.53 Å². The Bertz CT molecular complexity index is 380. The molecule has 0 atom stereocenters. The Labute approximate surface area is 96.9 Å². The smallest absolute Gasteiger partial charge is 0.141 e. The van der Waals surface area contributed by atoms with Crippen molar-refractivity contribution in [3.05, 3.63) is 42.0 Å². The first-order chi connectivity index (χ1) is 7.67. The van der Waals surface area contributed by atoms with Gasteiger partial charge in [0.15, 0.2) is 0 Å². The minimum atomic E-state index is 0.191. The third-order valence-corrected chi connectivity index (χ3v) is 2.53.